The molecule has 0 aliphatic rings. The fourth-order valence-electron chi connectivity index (χ4n) is 1.95. The number of nitrogens with zero attached hydrogens (tertiary/aromatic N) is 4. The van der Waals surface area contributed by atoms with Crippen molar-refractivity contribution in [1.82, 2.24) is 19.5 Å². The van der Waals surface area contributed by atoms with Crippen molar-refractivity contribution in [2.24, 2.45) is 0 Å². The molecule has 0 saturated heterocycles. The number of rotatable bonds is 4. The molecule has 2 heterocycles. The number of ether oxygens (including phenoxy) is 2. The van der Waals surface area contributed by atoms with Gasteiger partial charge in [-0.3, -0.25) is 0 Å². The Labute approximate surface area is 136 Å². The quantitative estimate of drug-likeness (QED) is 0.485. The lowest BCUT2D eigenvalue weighted by atomic mass is 10.2. The molecule has 0 aliphatic carbocycles. The van der Waals surface area contributed by atoms with Gasteiger partial charge >= 0.3 is 0 Å². The van der Waals surface area contributed by atoms with E-state index in [0.717, 1.165) is 16.6 Å². The lowest BCUT2D eigenvalue weighted by Crippen LogP contribution is -1.94. The number of fused-ring (bicyclic) bond motifs is 1. The summed E-state index contributed by atoms with van der Waals surface area (Å²) < 4.78 is 12.4. The average molecular weight is 414 g/mol. The van der Waals surface area contributed by atoms with Gasteiger partial charge in [-0.05, 0) is 34.2 Å². The highest BCUT2D eigenvalue weighted by molar-refractivity contribution is 14.2. The highest BCUT2D eigenvalue weighted by Crippen LogP contribution is 2.30. The highest BCUT2D eigenvalue weighted by Gasteiger charge is 2.10. The van der Waals surface area contributed by atoms with Crippen LogP contribution in [0.3, 0.4) is 0 Å². The van der Waals surface area contributed by atoms with Gasteiger partial charge in [0.1, 0.15) is 11.5 Å². The molecule has 21 heavy (non-hydrogen) atoms. The van der Waals surface area contributed by atoms with E-state index >= 15 is 0 Å². The van der Waals surface area contributed by atoms with Crippen LogP contribution < -0.4 is 9.47 Å². The van der Waals surface area contributed by atoms with Crippen molar-refractivity contribution in [3.05, 3.63) is 30.6 Å². The SMILES string of the molecule is COc1cc(OC)cc(-c2ncc3cnn(PI)c3n2)c1. The molecule has 0 N–H and O–H groups in total. The Bertz CT molecular complexity index is 771. The van der Waals surface area contributed by atoms with Crippen LogP contribution in [0.4, 0.5) is 0 Å². The fourth-order valence-corrected chi connectivity index (χ4v) is 3.37. The van der Waals surface area contributed by atoms with Crippen LogP contribution in [0.1, 0.15) is 0 Å². The molecule has 0 spiro atoms. The number of methoxy groups -OCH3 is 2. The average Bonchev–Trinajstić information content (AvgIpc) is 2.96. The van der Waals surface area contributed by atoms with E-state index in [0.29, 0.717) is 23.7 Å². The topological polar surface area (TPSA) is 62.1 Å². The minimum Gasteiger partial charge on any atom is -0.497 e. The molecule has 1 unspecified atom stereocenters. The normalized spacial score (nSPS) is 11.4. The van der Waals surface area contributed by atoms with Crippen molar-refractivity contribution < 1.29 is 9.47 Å². The smallest absolute Gasteiger partial charge is 0.165 e. The molecule has 108 valence electrons. The van der Waals surface area contributed by atoms with Crippen molar-refractivity contribution in [2.75, 3.05) is 14.2 Å². The summed E-state index contributed by atoms with van der Waals surface area (Å²) in [5.74, 6) is 2.03. The van der Waals surface area contributed by atoms with Gasteiger partial charge in [-0.2, -0.15) is 5.10 Å². The summed E-state index contributed by atoms with van der Waals surface area (Å²) in [5.41, 5.74) is 1.67. The van der Waals surface area contributed by atoms with Gasteiger partial charge in [0.05, 0.1) is 32.2 Å². The summed E-state index contributed by atoms with van der Waals surface area (Å²) in [4.78, 5) is 9.01. The maximum atomic E-state index is 5.28. The monoisotopic (exact) mass is 414 g/mol. The minimum absolute atomic E-state index is 0.494. The van der Waals surface area contributed by atoms with E-state index in [1.807, 2.05) is 22.7 Å². The van der Waals surface area contributed by atoms with Gasteiger partial charge in [-0.1, -0.05) is 0 Å². The Balaban J connectivity index is 2.15. The molecular formula is C13H12IN4O2P. The Morgan fingerprint density at radius 3 is 2.43 bits per heavy atom. The van der Waals surface area contributed by atoms with Gasteiger partial charge in [0, 0.05) is 17.8 Å². The summed E-state index contributed by atoms with van der Waals surface area (Å²) >= 11 is 2.27. The van der Waals surface area contributed by atoms with Crippen molar-refractivity contribution in [3.8, 4) is 22.9 Å². The fraction of sp³-hybridized carbons (Fsp3) is 0.154. The number of hydrogen-bond acceptors (Lipinski definition) is 5. The molecule has 0 radical (unpaired) electrons. The number of halogens is 1. The second-order valence-electron chi connectivity index (χ2n) is 4.21. The largest absolute Gasteiger partial charge is 0.497 e. The van der Waals surface area contributed by atoms with Crippen LogP contribution in [-0.2, 0) is 0 Å². The summed E-state index contributed by atoms with van der Waals surface area (Å²) in [7, 11) is 3.24. The van der Waals surface area contributed by atoms with Crippen molar-refractivity contribution >= 4 is 39.4 Å². The Hall–Kier alpha value is -1.47. The zero-order valence-electron chi connectivity index (χ0n) is 11.4. The predicted octanol–water partition coefficient (Wildman–Crippen LogP) is 3.30. The van der Waals surface area contributed by atoms with Crippen LogP contribution in [0, 0.1) is 0 Å². The summed E-state index contributed by atoms with van der Waals surface area (Å²) in [6.07, 6.45) is 4.05. The standard InChI is InChI=1S/C13H12IN4O2P/c1-19-10-3-8(4-11(5-10)20-2)12-15-6-9-7-16-18(21-14)13(9)17-12/h3-7,21H,1-2H3. The molecule has 1 aromatic carbocycles. The van der Waals surface area contributed by atoms with Crippen LogP contribution in [0.2, 0.25) is 0 Å². The number of hydrogen-bond donors (Lipinski definition) is 0. The number of benzene rings is 1. The van der Waals surface area contributed by atoms with Crippen LogP contribution in [0.25, 0.3) is 22.4 Å². The molecule has 8 heteroatoms. The molecule has 1 atom stereocenters. The molecule has 2 aromatic heterocycles. The predicted molar refractivity (Wildman–Crippen MR) is 91.6 cm³/mol. The Morgan fingerprint density at radius 1 is 1.10 bits per heavy atom. The van der Waals surface area contributed by atoms with Crippen LogP contribution in [0.5, 0.6) is 11.5 Å². The van der Waals surface area contributed by atoms with E-state index in [-0.39, 0.29) is 0 Å². The minimum atomic E-state index is 0.494. The molecule has 6 nitrogen and oxygen atoms in total. The molecule has 3 aromatic rings. The Morgan fingerprint density at radius 2 is 1.81 bits per heavy atom. The van der Waals surface area contributed by atoms with E-state index in [1.54, 1.807) is 26.6 Å². The summed E-state index contributed by atoms with van der Waals surface area (Å²) in [5, 5.41) is 5.21. The maximum absolute atomic E-state index is 5.28. The van der Waals surface area contributed by atoms with Gasteiger partial charge in [0.2, 0.25) is 0 Å². The molecule has 0 amide bonds. The van der Waals surface area contributed by atoms with Gasteiger partial charge in [0.25, 0.3) is 0 Å². The molecule has 0 bridgehead atoms. The number of aromatic nitrogens is 4. The third-order valence-electron chi connectivity index (χ3n) is 3.00. The molecule has 0 fully saturated rings. The van der Waals surface area contributed by atoms with E-state index < -0.39 is 0 Å². The van der Waals surface area contributed by atoms with Crippen LogP contribution >= 0.6 is 28.4 Å². The highest BCUT2D eigenvalue weighted by atomic mass is 127. The first-order valence-corrected chi connectivity index (χ1v) is 10.1. The lowest BCUT2D eigenvalue weighted by molar-refractivity contribution is 0.394. The van der Waals surface area contributed by atoms with Crippen molar-refractivity contribution in [3.63, 3.8) is 0 Å². The first-order chi connectivity index (χ1) is 10.2. The molecule has 0 aliphatic heterocycles. The van der Waals surface area contributed by atoms with E-state index in [9.17, 15) is 0 Å². The van der Waals surface area contributed by atoms with Gasteiger partial charge in [-0.15, -0.1) is 0 Å². The lowest BCUT2D eigenvalue weighted by Gasteiger charge is -2.07. The first kappa shape index (κ1) is 14.5. The molecule has 3 rings (SSSR count). The summed E-state index contributed by atoms with van der Waals surface area (Å²) in [6.45, 7) is 0. The first-order valence-electron chi connectivity index (χ1n) is 6.06. The zero-order chi connectivity index (χ0) is 14.8. The van der Waals surface area contributed by atoms with Crippen molar-refractivity contribution in [1.29, 1.82) is 0 Å². The third kappa shape index (κ3) is 2.80. The third-order valence-corrected chi connectivity index (χ3v) is 4.86. The Kier molecular flexibility index (Phi) is 4.21. The summed E-state index contributed by atoms with van der Waals surface area (Å²) in [6, 6.07) is 5.59. The van der Waals surface area contributed by atoms with E-state index in [4.69, 9.17) is 9.47 Å². The molecular weight excluding hydrogens is 402 g/mol. The van der Waals surface area contributed by atoms with Gasteiger partial charge < -0.3 is 9.47 Å². The van der Waals surface area contributed by atoms with E-state index in [1.165, 1.54) is 0 Å². The van der Waals surface area contributed by atoms with E-state index in [2.05, 4.69) is 37.1 Å². The second-order valence-corrected chi connectivity index (χ2v) is 6.25. The van der Waals surface area contributed by atoms with Crippen molar-refractivity contribution in [2.45, 2.75) is 0 Å². The maximum Gasteiger partial charge on any atom is 0.165 e. The zero-order valence-corrected chi connectivity index (χ0v) is 14.5. The van der Waals surface area contributed by atoms with Gasteiger partial charge in [-0.25, -0.2) is 14.4 Å². The second kappa shape index (κ2) is 6.11. The van der Waals surface area contributed by atoms with Gasteiger partial charge in [0.15, 0.2) is 11.5 Å². The van der Waals surface area contributed by atoms with Crippen LogP contribution in [0.15, 0.2) is 30.6 Å². The molecule has 0 saturated carbocycles. The van der Waals surface area contributed by atoms with Crippen LogP contribution in [-0.4, -0.2) is 33.7 Å².